The number of quaternary nitrogens is 1. The molecule has 0 radical (unpaired) electrons. The summed E-state index contributed by atoms with van der Waals surface area (Å²) < 4.78 is 0. The van der Waals surface area contributed by atoms with Gasteiger partial charge >= 0.3 is 6.03 Å². The zero-order valence-electron chi connectivity index (χ0n) is 15.5. The van der Waals surface area contributed by atoms with Gasteiger partial charge in [0, 0.05) is 37.1 Å². The van der Waals surface area contributed by atoms with Gasteiger partial charge < -0.3 is 24.8 Å². The maximum Gasteiger partial charge on any atom is 0.337 e. The predicted octanol–water partition coefficient (Wildman–Crippen LogP) is -0.863. The number of carbonyl (C=O) groups is 2. The number of carboxylic acids is 1. The molecule has 2 aliphatic rings. The smallest absolute Gasteiger partial charge is 0.337 e. The van der Waals surface area contributed by atoms with Gasteiger partial charge in [0.15, 0.2) is 0 Å². The summed E-state index contributed by atoms with van der Waals surface area (Å²) in [6, 6.07) is 2.85. The SMILES string of the molecule is Cc1cc(/C=N/NC(=O)N2CCCC2)c(O)c(C[NH+]2CCCC2C(=O)[O-])c1. The highest BCUT2D eigenvalue weighted by Crippen LogP contribution is 2.23. The number of benzene rings is 1. The molecule has 2 unspecified atom stereocenters. The van der Waals surface area contributed by atoms with Gasteiger partial charge in [-0.1, -0.05) is 0 Å². The third kappa shape index (κ3) is 4.57. The number of phenols is 1. The summed E-state index contributed by atoms with van der Waals surface area (Å²) >= 11 is 0. The molecule has 27 heavy (non-hydrogen) atoms. The van der Waals surface area contributed by atoms with Gasteiger partial charge in [0.05, 0.1) is 18.7 Å². The highest BCUT2D eigenvalue weighted by atomic mass is 16.4. The Hall–Kier alpha value is -2.61. The van der Waals surface area contributed by atoms with Crippen molar-refractivity contribution < 1.29 is 24.7 Å². The van der Waals surface area contributed by atoms with Crippen molar-refractivity contribution in [3.63, 3.8) is 0 Å². The van der Waals surface area contributed by atoms with Crippen molar-refractivity contribution in [1.29, 1.82) is 0 Å². The zero-order valence-corrected chi connectivity index (χ0v) is 15.5. The number of urea groups is 1. The highest BCUT2D eigenvalue weighted by Gasteiger charge is 2.30. The number of likely N-dealkylation sites (tertiary alicyclic amines) is 2. The third-order valence-corrected chi connectivity index (χ3v) is 5.31. The fourth-order valence-electron chi connectivity index (χ4n) is 3.92. The molecule has 0 bridgehead atoms. The molecule has 146 valence electrons. The molecule has 3 N–H and O–H groups in total. The lowest BCUT2D eigenvalue weighted by Crippen LogP contribution is -3.14. The molecule has 2 atom stereocenters. The molecule has 2 aliphatic heterocycles. The number of nitrogens with zero attached hydrogens (tertiary/aromatic N) is 2. The number of amides is 2. The standard InChI is InChI=1S/C19H26N4O4/c1-13-9-14(11-20-21-19(27)22-6-2-3-7-22)17(24)15(10-13)12-23-8-4-5-16(23)18(25)26/h9-11,16,24H,2-8,12H2,1H3,(H,21,27)(H,25,26)/b20-11+. The molecule has 0 saturated carbocycles. The maximum atomic E-state index is 12.0. The Kier molecular flexibility index (Phi) is 5.95. The first-order valence-electron chi connectivity index (χ1n) is 9.41. The number of rotatable bonds is 5. The molecular weight excluding hydrogens is 348 g/mol. The van der Waals surface area contributed by atoms with E-state index in [1.165, 1.54) is 6.21 Å². The molecule has 2 saturated heterocycles. The molecule has 8 nitrogen and oxygen atoms in total. The van der Waals surface area contributed by atoms with E-state index in [0.717, 1.165) is 49.4 Å². The van der Waals surface area contributed by atoms with E-state index >= 15 is 0 Å². The van der Waals surface area contributed by atoms with Crippen molar-refractivity contribution in [2.45, 2.75) is 45.2 Å². The molecule has 0 aromatic heterocycles. The monoisotopic (exact) mass is 374 g/mol. The maximum absolute atomic E-state index is 12.0. The Morgan fingerprint density at radius 3 is 2.81 bits per heavy atom. The first-order chi connectivity index (χ1) is 13.0. The minimum atomic E-state index is -1.04. The summed E-state index contributed by atoms with van der Waals surface area (Å²) in [4.78, 5) is 25.8. The molecule has 2 amide bonds. The minimum Gasteiger partial charge on any atom is -0.544 e. The average Bonchev–Trinajstić information content (AvgIpc) is 3.30. The van der Waals surface area contributed by atoms with E-state index in [1.807, 2.05) is 13.0 Å². The number of aryl methyl sites for hydroxylation is 1. The number of hydrogen-bond acceptors (Lipinski definition) is 5. The van der Waals surface area contributed by atoms with Crippen LogP contribution in [0.5, 0.6) is 5.75 Å². The Labute approximate surface area is 158 Å². The Balaban J connectivity index is 1.70. The van der Waals surface area contributed by atoms with Crippen LogP contribution in [0.15, 0.2) is 17.2 Å². The van der Waals surface area contributed by atoms with Gasteiger partial charge in [0.2, 0.25) is 0 Å². The van der Waals surface area contributed by atoms with Crippen molar-refractivity contribution >= 4 is 18.2 Å². The number of hydrazone groups is 1. The second kappa shape index (κ2) is 8.39. The summed E-state index contributed by atoms with van der Waals surface area (Å²) in [6.07, 6.45) is 4.86. The Bertz CT molecular complexity index is 743. The second-order valence-corrected chi connectivity index (χ2v) is 7.33. The molecule has 2 heterocycles. The van der Waals surface area contributed by atoms with Gasteiger partial charge in [-0.05, 0) is 37.5 Å². The molecule has 3 rings (SSSR count). The van der Waals surface area contributed by atoms with Crippen LogP contribution in [0.3, 0.4) is 0 Å². The number of aliphatic carboxylic acids is 1. The number of aromatic hydroxyl groups is 1. The van der Waals surface area contributed by atoms with Gasteiger partial charge in [-0.3, -0.25) is 0 Å². The van der Waals surface area contributed by atoms with E-state index < -0.39 is 12.0 Å². The Morgan fingerprint density at radius 1 is 1.37 bits per heavy atom. The quantitative estimate of drug-likeness (QED) is 0.460. The van der Waals surface area contributed by atoms with E-state index in [0.29, 0.717) is 24.1 Å². The zero-order chi connectivity index (χ0) is 19.4. The first-order valence-corrected chi connectivity index (χ1v) is 9.41. The van der Waals surface area contributed by atoms with Crippen LogP contribution in [0.25, 0.3) is 0 Å². The highest BCUT2D eigenvalue weighted by molar-refractivity contribution is 5.85. The predicted molar refractivity (Wildman–Crippen MR) is 97.3 cm³/mol. The minimum absolute atomic E-state index is 0.0660. The lowest BCUT2D eigenvalue weighted by molar-refractivity contribution is -0.919. The van der Waals surface area contributed by atoms with Crippen molar-refractivity contribution in [2.75, 3.05) is 19.6 Å². The van der Waals surface area contributed by atoms with Crippen LogP contribution in [0.2, 0.25) is 0 Å². The fraction of sp³-hybridized carbons (Fsp3) is 0.526. The van der Waals surface area contributed by atoms with Crippen molar-refractivity contribution in [3.8, 4) is 5.75 Å². The van der Waals surface area contributed by atoms with Crippen LogP contribution < -0.4 is 15.4 Å². The van der Waals surface area contributed by atoms with Crippen LogP contribution >= 0.6 is 0 Å². The number of hydrogen-bond donors (Lipinski definition) is 3. The average molecular weight is 374 g/mol. The fourth-order valence-corrected chi connectivity index (χ4v) is 3.92. The van der Waals surface area contributed by atoms with Gasteiger partial charge in [0.25, 0.3) is 0 Å². The molecule has 0 aliphatic carbocycles. The number of phenolic OH excluding ortho intramolecular Hbond substituents is 1. The normalized spacial score (nSPS) is 22.5. The van der Waals surface area contributed by atoms with E-state index in [1.54, 1.807) is 11.0 Å². The molecule has 0 spiro atoms. The van der Waals surface area contributed by atoms with E-state index in [-0.39, 0.29) is 11.8 Å². The molecule has 1 aromatic carbocycles. The van der Waals surface area contributed by atoms with Crippen LogP contribution in [0.1, 0.15) is 42.4 Å². The van der Waals surface area contributed by atoms with Gasteiger partial charge in [-0.2, -0.15) is 5.10 Å². The summed E-state index contributed by atoms with van der Waals surface area (Å²) in [5, 5.41) is 25.8. The summed E-state index contributed by atoms with van der Waals surface area (Å²) in [7, 11) is 0. The topological polar surface area (TPSA) is 110 Å². The van der Waals surface area contributed by atoms with Gasteiger partial charge in [0.1, 0.15) is 18.3 Å². The largest absolute Gasteiger partial charge is 0.544 e. The molecule has 2 fully saturated rings. The number of carboxylic acid groups (broad SMARTS) is 1. The van der Waals surface area contributed by atoms with Crippen molar-refractivity contribution in [3.05, 3.63) is 28.8 Å². The lowest BCUT2D eigenvalue weighted by atomic mass is 10.0. The summed E-state index contributed by atoms with van der Waals surface area (Å²) in [5.41, 5.74) is 4.59. The summed E-state index contributed by atoms with van der Waals surface area (Å²) in [5.74, 6) is -0.975. The number of carbonyl (C=O) groups excluding carboxylic acids is 2. The van der Waals surface area contributed by atoms with E-state index in [2.05, 4.69) is 10.5 Å². The number of nitrogens with one attached hydrogen (secondary N) is 2. The van der Waals surface area contributed by atoms with Crippen molar-refractivity contribution in [1.82, 2.24) is 10.3 Å². The lowest BCUT2D eigenvalue weighted by Gasteiger charge is -2.23. The van der Waals surface area contributed by atoms with Crippen LogP contribution in [0.4, 0.5) is 4.79 Å². The van der Waals surface area contributed by atoms with Crippen LogP contribution in [-0.4, -0.2) is 53.9 Å². The first kappa shape index (κ1) is 19.2. The second-order valence-electron chi connectivity index (χ2n) is 7.33. The molecule has 1 aromatic rings. The summed E-state index contributed by atoms with van der Waals surface area (Å²) in [6.45, 7) is 4.52. The third-order valence-electron chi connectivity index (χ3n) is 5.31. The Morgan fingerprint density at radius 2 is 2.11 bits per heavy atom. The van der Waals surface area contributed by atoms with E-state index in [9.17, 15) is 19.8 Å². The van der Waals surface area contributed by atoms with Gasteiger partial charge in [-0.25, -0.2) is 10.2 Å². The van der Waals surface area contributed by atoms with Gasteiger partial charge in [-0.15, -0.1) is 0 Å². The molecular formula is C19H26N4O4. The van der Waals surface area contributed by atoms with Crippen molar-refractivity contribution in [2.24, 2.45) is 5.10 Å². The van der Waals surface area contributed by atoms with Crippen LogP contribution in [-0.2, 0) is 11.3 Å². The van der Waals surface area contributed by atoms with Crippen LogP contribution in [0, 0.1) is 6.92 Å². The van der Waals surface area contributed by atoms with E-state index in [4.69, 9.17) is 0 Å². The molecule has 8 heteroatoms.